The van der Waals surface area contributed by atoms with Crippen molar-refractivity contribution in [2.24, 2.45) is 0 Å². The predicted molar refractivity (Wildman–Crippen MR) is 121 cm³/mol. The maximum atomic E-state index is 13.6. The second-order valence-corrected chi connectivity index (χ2v) is 8.23. The van der Waals surface area contributed by atoms with Crippen molar-refractivity contribution >= 4 is 11.8 Å². The summed E-state index contributed by atoms with van der Waals surface area (Å²) in [4.78, 5) is 17.5. The molecular formula is C25H26FN3O4. The van der Waals surface area contributed by atoms with Crippen LogP contribution < -0.4 is 14.4 Å². The summed E-state index contributed by atoms with van der Waals surface area (Å²) in [6, 6.07) is 11.6. The summed E-state index contributed by atoms with van der Waals surface area (Å²) < 4.78 is 30.2. The van der Waals surface area contributed by atoms with Gasteiger partial charge in [-0.15, -0.1) is 0 Å². The van der Waals surface area contributed by atoms with Gasteiger partial charge in [0, 0.05) is 30.3 Å². The monoisotopic (exact) mass is 451 g/mol. The van der Waals surface area contributed by atoms with Gasteiger partial charge in [0.1, 0.15) is 11.5 Å². The number of nitrogens with zero attached hydrogens (tertiary/aromatic N) is 3. The van der Waals surface area contributed by atoms with Crippen LogP contribution in [0.5, 0.6) is 11.5 Å². The second kappa shape index (κ2) is 8.77. The highest BCUT2D eigenvalue weighted by molar-refractivity contribution is 5.95. The van der Waals surface area contributed by atoms with Crippen molar-refractivity contribution < 1.29 is 23.2 Å². The number of amides is 1. The molecule has 0 saturated heterocycles. The van der Waals surface area contributed by atoms with E-state index in [1.807, 2.05) is 18.7 Å². The summed E-state index contributed by atoms with van der Waals surface area (Å²) in [7, 11) is 0. The fraction of sp³-hybridized carbons (Fsp3) is 0.360. The van der Waals surface area contributed by atoms with Gasteiger partial charge in [-0.3, -0.25) is 4.79 Å². The molecule has 1 aromatic heterocycles. The van der Waals surface area contributed by atoms with Crippen LogP contribution in [0.15, 0.2) is 47.0 Å². The molecule has 1 saturated carbocycles. The van der Waals surface area contributed by atoms with E-state index < -0.39 is 0 Å². The first-order chi connectivity index (χ1) is 16.1. The van der Waals surface area contributed by atoms with Crippen LogP contribution in [0.4, 0.5) is 10.3 Å². The Morgan fingerprint density at radius 1 is 1.06 bits per heavy atom. The first-order valence-electron chi connectivity index (χ1n) is 11.3. The number of rotatable bonds is 8. The Morgan fingerprint density at radius 3 is 2.48 bits per heavy atom. The molecule has 2 aromatic carbocycles. The Kier molecular flexibility index (Phi) is 5.66. The van der Waals surface area contributed by atoms with Gasteiger partial charge < -0.3 is 23.8 Å². The number of carbonyl (C=O) groups excluding carboxylic acids is 1. The van der Waals surface area contributed by atoms with Gasteiger partial charge in [0.2, 0.25) is 12.7 Å². The van der Waals surface area contributed by atoms with Crippen molar-refractivity contribution in [3.8, 4) is 22.8 Å². The smallest absolute Gasteiger partial charge is 0.254 e. The molecule has 1 aliphatic heterocycles. The molecule has 5 rings (SSSR count). The van der Waals surface area contributed by atoms with Crippen LogP contribution in [0.2, 0.25) is 0 Å². The first kappa shape index (κ1) is 21.3. The van der Waals surface area contributed by atoms with Crippen molar-refractivity contribution in [3.05, 3.63) is 59.4 Å². The van der Waals surface area contributed by atoms with Gasteiger partial charge in [0.05, 0.1) is 12.1 Å². The van der Waals surface area contributed by atoms with Crippen molar-refractivity contribution in [2.75, 3.05) is 24.8 Å². The molecule has 1 fully saturated rings. The van der Waals surface area contributed by atoms with Gasteiger partial charge in [-0.25, -0.2) is 4.39 Å². The Labute approximate surface area is 191 Å². The lowest BCUT2D eigenvalue weighted by Gasteiger charge is -2.25. The van der Waals surface area contributed by atoms with E-state index in [0.29, 0.717) is 35.2 Å². The molecule has 0 spiro atoms. The topological polar surface area (TPSA) is 68.0 Å². The molecule has 33 heavy (non-hydrogen) atoms. The van der Waals surface area contributed by atoms with Gasteiger partial charge in [-0.1, -0.05) is 5.16 Å². The van der Waals surface area contributed by atoms with E-state index in [4.69, 9.17) is 14.0 Å². The summed E-state index contributed by atoms with van der Waals surface area (Å²) in [5.74, 6) is 1.48. The molecule has 2 aliphatic rings. The van der Waals surface area contributed by atoms with Crippen LogP contribution in [0.1, 0.15) is 42.6 Å². The van der Waals surface area contributed by atoms with Crippen molar-refractivity contribution in [3.63, 3.8) is 0 Å². The van der Waals surface area contributed by atoms with E-state index >= 15 is 0 Å². The second-order valence-electron chi connectivity index (χ2n) is 8.23. The maximum Gasteiger partial charge on any atom is 0.254 e. The zero-order chi connectivity index (χ0) is 22.9. The average Bonchev–Trinajstić information content (AvgIpc) is 3.42. The number of ether oxygens (including phenoxy) is 2. The summed E-state index contributed by atoms with van der Waals surface area (Å²) in [5.41, 5.74) is 2.75. The maximum absolute atomic E-state index is 13.6. The number of halogens is 1. The Bertz CT molecular complexity index is 1150. The molecular weight excluding hydrogens is 425 g/mol. The average molecular weight is 451 g/mol. The predicted octanol–water partition coefficient (Wildman–Crippen LogP) is 4.86. The number of anilines is 1. The lowest BCUT2D eigenvalue weighted by molar-refractivity contribution is 0.0730. The molecule has 0 radical (unpaired) electrons. The molecule has 1 amide bonds. The van der Waals surface area contributed by atoms with Gasteiger partial charge in [-0.2, -0.15) is 0 Å². The quantitative estimate of drug-likeness (QED) is 0.487. The SMILES string of the molecule is CCN(CC)c1onc(-c2ccc(F)cc2)c1CN(C(=O)c1ccc2c(c1)OCO2)C1CC1. The summed E-state index contributed by atoms with van der Waals surface area (Å²) in [5, 5.41) is 4.33. The molecule has 0 unspecified atom stereocenters. The Morgan fingerprint density at radius 2 is 1.79 bits per heavy atom. The fourth-order valence-corrected chi connectivity index (χ4v) is 4.16. The molecule has 0 N–H and O–H groups in total. The Balaban J connectivity index is 1.52. The van der Waals surface area contributed by atoms with Crippen LogP contribution >= 0.6 is 0 Å². The third kappa shape index (κ3) is 4.13. The van der Waals surface area contributed by atoms with Crippen LogP contribution in [-0.2, 0) is 6.54 Å². The largest absolute Gasteiger partial charge is 0.454 e. The number of carbonyl (C=O) groups is 1. The molecule has 3 aromatic rings. The molecule has 2 heterocycles. The molecule has 0 atom stereocenters. The summed E-state index contributed by atoms with van der Waals surface area (Å²) in [6.45, 7) is 6.07. The number of hydrogen-bond acceptors (Lipinski definition) is 6. The van der Waals surface area contributed by atoms with Gasteiger partial charge in [-0.05, 0) is 69.2 Å². The number of benzene rings is 2. The molecule has 172 valence electrons. The van der Waals surface area contributed by atoms with Crippen LogP contribution in [-0.4, -0.2) is 41.9 Å². The normalized spacial score (nSPS) is 14.4. The fourth-order valence-electron chi connectivity index (χ4n) is 4.16. The minimum Gasteiger partial charge on any atom is -0.454 e. The lowest BCUT2D eigenvalue weighted by atomic mass is 10.1. The van der Waals surface area contributed by atoms with E-state index in [0.717, 1.165) is 37.1 Å². The van der Waals surface area contributed by atoms with E-state index in [2.05, 4.69) is 10.1 Å². The van der Waals surface area contributed by atoms with E-state index in [9.17, 15) is 9.18 Å². The highest BCUT2D eigenvalue weighted by atomic mass is 19.1. The van der Waals surface area contributed by atoms with Crippen LogP contribution in [0.3, 0.4) is 0 Å². The highest BCUT2D eigenvalue weighted by Crippen LogP contribution is 2.38. The molecule has 0 bridgehead atoms. The lowest BCUT2D eigenvalue weighted by Crippen LogP contribution is -2.33. The number of hydrogen-bond donors (Lipinski definition) is 0. The van der Waals surface area contributed by atoms with Gasteiger partial charge in [0.25, 0.3) is 5.91 Å². The van der Waals surface area contributed by atoms with Crippen LogP contribution in [0.25, 0.3) is 11.3 Å². The zero-order valence-corrected chi connectivity index (χ0v) is 18.7. The zero-order valence-electron chi connectivity index (χ0n) is 18.7. The number of aromatic nitrogens is 1. The highest BCUT2D eigenvalue weighted by Gasteiger charge is 2.36. The summed E-state index contributed by atoms with van der Waals surface area (Å²) >= 11 is 0. The summed E-state index contributed by atoms with van der Waals surface area (Å²) in [6.07, 6.45) is 1.90. The Hall–Kier alpha value is -3.55. The van der Waals surface area contributed by atoms with Crippen LogP contribution in [0, 0.1) is 5.82 Å². The molecule has 8 heteroatoms. The third-order valence-corrected chi connectivity index (χ3v) is 6.13. The van der Waals surface area contributed by atoms with E-state index in [-0.39, 0.29) is 24.6 Å². The van der Waals surface area contributed by atoms with E-state index in [1.54, 1.807) is 30.3 Å². The standard InChI is InChI=1S/C25H26FN3O4/c1-3-28(4-2)25-20(23(27-33-25)16-5-8-18(26)9-6-16)14-29(19-10-11-19)24(30)17-7-12-21-22(13-17)32-15-31-21/h5-9,12-13,19H,3-4,10-11,14-15H2,1-2H3. The number of fused-ring (bicyclic) bond motifs is 1. The van der Waals surface area contributed by atoms with Gasteiger partial charge >= 0.3 is 0 Å². The van der Waals surface area contributed by atoms with E-state index in [1.165, 1.54) is 12.1 Å². The van der Waals surface area contributed by atoms with Crippen molar-refractivity contribution in [2.45, 2.75) is 39.3 Å². The van der Waals surface area contributed by atoms with Gasteiger partial charge in [0.15, 0.2) is 11.5 Å². The van der Waals surface area contributed by atoms with Crippen molar-refractivity contribution in [1.29, 1.82) is 0 Å². The third-order valence-electron chi connectivity index (χ3n) is 6.13. The molecule has 7 nitrogen and oxygen atoms in total. The minimum atomic E-state index is -0.314. The first-order valence-corrected chi connectivity index (χ1v) is 11.3. The molecule has 1 aliphatic carbocycles. The minimum absolute atomic E-state index is 0.0763. The van der Waals surface area contributed by atoms with Crippen molar-refractivity contribution in [1.82, 2.24) is 10.1 Å².